The summed E-state index contributed by atoms with van der Waals surface area (Å²) in [7, 11) is 0. The molecule has 0 aliphatic rings. The molecular formula is C9H14BrN3. The van der Waals surface area contributed by atoms with E-state index in [0.717, 1.165) is 23.1 Å². The van der Waals surface area contributed by atoms with Crippen LogP contribution in [0.25, 0.3) is 0 Å². The summed E-state index contributed by atoms with van der Waals surface area (Å²) < 4.78 is 0.765. The molecular weight excluding hydrogens is 230 g/mol. The smallest absolute Gasteiger partial charge is 0.141 e. The fourth-order valence-electron chi connectivity index (χ4n) is 0.957. The molecule has 0 fully saturated rings. The van der Waals surface area contributed by atoms with Crippen molar-refractivity contribution in [2.24, 2.45) is 5.92 Å². The Balaban J connectivity index is 2.63. The molecule has 1 aromatic rings. The number of nitrogens with zero attached hydrogens (tertiary/aromatic N) is 2. The van der Waals surface area contributed by atoms with Gasteiger partial charge in [-0.3, -0.25) is 0 Å². The molecule has 0 unspecified atom stereocenters. The van der Waals surface area contributed by atoms with Crippen LogP contribution >= 0.6 is 15.9 Å². The van der Waals surface area contributed by atoms with Crippen molar-refractivity contribution in [2.75, 3.05) is 5.73 Å². The molecule has 1 aromatic heterocycles. The molecule has 0 aliphatic carbocycles. The third kappa shape index (κ3) is 3.30. The molecule has 1 rings (SSSR count). The zero-order valence-electron chi connectivity index (χ0n) is 7.92. The quantitative estimate of drug-likeness (QED) is 0.888. The van der Waals surface area contributed by atoms with Crippen molar-refractivity contribution < 1.29 is 0 Å². The first kappa shape index (κ1) is 10.4. The van der Waals surface area contributed by atoms with Crippen LogP contribution in [0.5, 0.6) is 0 Å². The second-order valence-corrected chi connectivity index (χ2v) is 4.31. The van der Waals surface area contributed by atoms with Crippen molar-refractivity contribution in [3.8, 4) is 0 Å². The molecule has 72 valence electrons. The molecule has 0 radical (unpaired) electrons. The average Bonchev–Trinajstić information content (AvgIpc) is 2.07. The first-order valence-electron chi connectivity index (χ1n) is 4.36. The van der Waals surface area contributed by atoms with Crippen LogP contribution in [0, 0.1) is 5.92 Å². The van der Waals surface area contributed by atoms with Crippen LogP contribution in [0.3, 0.4) is 0 Å². The molecule has 2 N–H and O–H groups in total. The van der Waals surface area contributed by atoms with Gasteiger partial charge in [0.15, 0.2) is 0 Å². The number of halogens is 1. The van der Waals surface area contributed by atoms with Crippen LogP contribution < -0.4 is 5.73 Å². The molecule has 13 heavy (non-hydrogen) atoms. The number of rotatable bonds is 3. The van der Waals surface area contributed by atoms with Crippen molar-refractivity contribution in [1.82, 2.24) is 9.97 Å². The van der Waals surface area contributed by atoms with Crippen LogP contribution in [0.2, 0.25) is 0 Å². The van der Waals surface area contributed by atoms with Gasteiger partial charge in [-0.25, -0.2) is 9.97 Å². The van der Waals surface area contributed by atoms with E-state index in [1.54, 1.807) is 6.20 Å². The van der Waals surface area contributed by atoms with Gasteiger partial charge in [-0.1, -0.05) is 13.8 Å². The predicted molar refractivity (Wildman–Crippen MR) is 57.3 cm³/mol. The Morgan fingerprint density at radius 1 is 1.54 bits per heavy atom. The second-order valence-electron chi connectivity index (χ2n) is 3.45. The number of hydrogen-bond donors (Lipinski definition) is 1. The van der Waals surface area contributed by atoms with E-state index in [0.29, 0.717) is 11.7 Å². The molecule has 0 bridgehead atoms. The minimum atomic E-state index is 0.522. The molecule has 0 saturated heterocycles. The van der Waals surface area contributed by atoms with Gasteiger partial charge in [0.25, 0.3) is 0 Å². The molecule has 0 aromatic carbocycles. The third-order valence-corrected chi connectivity index (χ3v) is 2.38. The largest absolute Gasteiger partial charge is 0.383 e. The van der Waals surface area contributed by atoms with Gasteiger partial charge in [0.05, 0.1) is 4.47 Å². The van der Waals surface area contributed by atoms with Crippen LogP contribution in [0.1, 0.15) is 26.1 Å². The maximum atomic E-state index is 5.63. The molecule has 1 heterocycles. The van der Waals surface area contributed by atoms with Crippen molar-refractivity contribution >= 4 is 21.7 Å². The van der Waals surface area contributed by atoms with Gasteiger partial charge in [-0.2, -0.15) is 0 Å². The summed E-state index contributed by atoms with van der Waals surface area (Å²) in [5.74, 6) is 2.02. The van der Waals surface area contributed by atoms with E-state index in [2.05, 4.69) is 39.7 Å². The van der Waals surface area contributed by atoms with E-state index >= 15 is 0 Å². The summed E-state index contributed by atoms with van der Waals surface area (Å²) >= 11 is 3.26. The summed E-state index contributed by atoms with van der Waals surface area (Å²) in [6.45, 7) is 4.37. The van der Waals surface area contributed by atoms with Crippen molar-refractivity contribution in [2.45, 2.75) is 26.7 Å². The monoisotopic (exact) mass is 243 g/mol. The zero-order valence-corrected chi connectivity index (χ0v) is 9.50. The average molecular weight is 244 g/mol. The lowest BCUT2D eigenvalue weighted by atomic mass is 10.1. The number of nitrogens with two attached hydrogens (primary N) is 1. The van der Waals surface area contributed by atoms with Crippen LogP contribution in [0.4, 0.5) is 5.82 Å². The van der Waals surface area contributed by atoms with Gasteiger partial charge in [0.1, 0.15) is 11.6 Å². The third-order valence-electron chi connectivity index (χ3n) is 1.77. The van der Waals surface area contributed by atoms with E-state index in [4.69, 9.17) is 5.73 Å². The van der Waals surface area contributed by atoms with Gasteiger partial charge >= 0.3 is 0 Å². The molecule has 0 saturated carbocycles. The Hall–Kier alpha value is -0.640. The molecule has 0 atom stereocenters. The molecule has 0 spiro atoms. The standard InChI is InChI=1S/C9H14BrN3/c1-6(2)3-4-8-12-5-7(10)9(11)13-8/h5-6H,3-4H2,1-2H3,(H2,11,12,13). The fraction of sp³-hybridized carbons (Fsp3) is 0.556. The number of hydrogen-bond acceptors (Lipinski definition) is 3. The topological polar surface area (TPSA) is 51.8 Å². The summed E-state index contributed by atoms with van der Waals surface area (Å²) in [4.78, 5) is 8.34. The van der Waals surface area contributed by atoms with E-state index in [1.165, 1.54) is 0 Å². The summed E-state index contributed by atoms with van der Waals surface area (Å²) in [6, 6.07) is 0. The molecule has 4 heteroatoms. The number of aromatic nitrogens is 2. The number of aryl methyl sites for hydroxylation is 1. The van der Waals surface area contributed by atoms with Crippen LogP contribution in [-0.4, -0.2) is 9.97 Å². The summed E-state index contributed by atoms with van der Waals surface area (Å²) in [5.41, 5.74) is 5.63. The fourth-order valence-corrected chi connectivity index (χ4v) is 1.15. The maximum Gasteiger partial charge on any atom is 0.141 e. The van der Waals surface area contributed by atoms with Crippen molar-refractivity contribution in [3.63, 3.8) is 0 Å². The summed E-state index contributed by atoms with van der Waals surface area (Å²) in [6.07, 6.45) is 3.70. The van der Waals surface area contributed by atoms with Crippen LogP contribution in [-0.2, 0) is 6.42 Å². The normalized spacial score (nSPS) is 10.8. The first-order chi connectivity index (χ1) is 6.09. The van der Waals surface area contributed by atoms with Gasteiger partial charge < -0.3 is 5.73 Å². The lowest BCUT2D eigenvalue weighted by Crippen LogP contribution is -2.01. The van der Waals surface area contributed by atoms with E-state index in [-0.39, 0.29) is 0 Å². The highest BCUT2D eigenvalue weighted by Crippen LogP contribution is 2.15. The van der Waals surface area contributed by atoms with Gasteiger partial charge in [-0.05, 0) is 28.3 Å². The Morgan fingerprint density at radius 3 is 2.77 bits per heavy atom. The highest BCUT2D eigenvalue weighted by molar-refractivity contribution is 9.10. The Morgan fingerprint density at radius 2 is 2.23 bits per heavy atom. The molecule has 0 aliphatic heterocycles. The van der Waals surface area contributed by atoms with Crippen molar-refractivity contribution in [1.29, 1.82) is 0 Å². The summed E-state index contributed by atoms with van der Waals surface area (Å²) in [5, 5.41) is 0. The van der Waals surface area contributed by atoms with E-state index in [9.17, 15) is 0 Å². The van der Waals surface area contributed by atoms with E-state index < -0.39 is 0 Å². The lowest BCUT2D eigenvalue weighted by Gasteiger charge is -2.04. The first-order valence-corrected chi connectivity index (χ1v) is 5.15. The maximum absolute atomic E-state index is 5.63. The van der Waals surface area contributed by atoms with Gasteiger partial charge in [0, 0.05) is 12.6 Å². The number of anilines is 1. The van der Waals surface area contributed by atoms with Gasteiger partial charge in [-0.15, -0.1) is 0 Å². The Labute approximate surface area is 86.9 Å². The van der Waals surface area contributed by atoms with Crippen molar-refractivity contribution in [3.05, 3.63) is 16.5 Å². The highest BCUT2D eigenvalue weighted by atomic mass is 79.9. The molecule has 3 nitrogen and oxygen atoms in total. The number of nitrogen functional groups attached to an aromatic ring is 1. The van der Waals surface area contributed by atoms with Gasteiger partial charge in [0.2, 0.25) is 0 Å². The Bertz CT molecular complexity index is 286. The zero-order chi connectivity index (χ0) is 9.84. The lowest BCUT2D eigenvalue weighted by molar-refractivity contribution is 0.575. The highest BCUT2D eigenvalue weighted by Gasteiger charge is 2.02. The predicted octanol–water partition coefficient (Wildman–Crippen LogP) is 2.41. The van der Waals surface area contributed by atoms with Crippen LogP contribution in [0.15, 0.2) is 10.7 Å². The Kier molecular flexibility index (Phi) is 3.66. The molecule has 0 amide bonds. The minimum Gasteiger partial charge on any atom is -0.383 e. The minimum absolute atomic E-state index is 0.522. The van der Waals surface area contributed by atoms with E-state index in [1.807, 2.05) is 0 Å². The second kappa shape index (κ2) is 4.56. The SMILES string of the molecule is CC(C)CCc1ncc(Br)c(N)n1.